The lowest BCUT2D eigenvalue weighted by Gasteiger charge is -2.27. The maximum absolute atomic E-state index is 11.5. The molecule has 3 aromatic rings. The summed E-state index contributed by atoms with van der Waals surface area (Å²) in [6.07, 6.45) is 1.96. The van der Waals surface area contributed by atoms with E-state index in [-0.39, 0.29) is 32.4 Å². The molecule has 0 amide bonds. The minimum absolute atomic E-state index is 0.00538. The summed E-state index contributed by atoms with van der Waals surface area (Å²) in [7, 11) is -13.0. The first-order valence-corrected chi connectivity index (χ1v) is 16.1. The molecule has 0 fully saturated rings. The molecule has 0 heterocycles. The molecule has 3 unspecified atom stereocenters. The Labute approximate surface area is 223 Å². The van der Waals surface area contributed by atoms with E-state index in [4.69, 9.17) is 0 Å². The smallest absolute Gasteiger partial charge is 0.282 e. The lowest BCUT2D eigenvalue weighted by Crippen LogP contribution is -2.11. The molecule has 3 rings (SSSR count). The van der Waals surface area contributed by atoms with Gasteiger partial charge in [0.1, 0.15) is 0 Å². The standard InChI is InChI=1S/C26H30O9S3/c1-3-19(21-6-12-25(13-7-21)37(30,31)32)17-23(22-8-14-26(15-9-22)38(33,34)35)16-18(2)20-4-10-24(11-5-20)36(27,28)29/h4-15,18-19,23H,3,16-17H2,1-2H3,(H,27,28,29)(H,30,31,32)(H,33,34,35). The van der Waals surface area contributed by atoms with E-state index >= 15 is 0 Å². The van der Waals surface area contributed by atoms with Gasteiger partial charge in [0.15, 0.2) is 0 Å². The monoisotopic (exact) mass is 582 g/mol. The van der Waals surface area contributed by atoms with Crippen molar-refractivity contribution >= 4 is 30.4 Å². The van der Waals surface area contributed by atoms with E-state index < -0.39 is 30.4 Å². The van der Waals surface area contributed by atoms with Crippen LogP contribution in [-0.4, -0.2) is 38.9 Å². The van der Waals surface area contributed by atoms with Gasteiger partial charge in [-0.25, -0.2) is 0 Å². The fourth-order valence-corrected chi connectivity index (χ4v) is 6.05. The summed E-state index contributed by atoms with van der Waals surface area (Å²) in [5.41, 5.74) is 2.57. The lowest BCUT2D eigenvalue weighted by atomic mass is 9.78. The Kier molecular flexibility index (Phi) is 9.17. The number of hydrogen-bond donors (Lipinski definition) is 3. The van der Waals surface area contributed by atoms with Crippen molar-refractivity contribution in [2.24, 2.45) is 0 Å². The van der Waals surface area contributed by atoms with Gasteiger partial charge in [0.05, 0.1) is 14.7 Å². The van der Waals surface area contributed by atoms with Crippen molar-refractivity contribution in [3.8, 4) is 0 Å². The Hall–Kier alpha value is -2.61. The third kappa shape index (κ3) is 7.71. The van der Waals surface area contributed by atoms with E-state index in [1.54, 1.807) is 36.4 Å². The van der Waals surface area contributed by atoms with Gasteiger partial charge in [-0.15, -0.1) is 0 Å². The second-order valence-electron chi connectivity index (χ2n) is 9.31. The molecule has 0 spiro atoms. The molecule has 9 nitrogen and oxygen atoms in total. The topological polar surface area (TPSA) is 163 Å². The number of benzene rings is 3. The molecular formula is C26H30O9S3. The van der Waals surface area contributed by atoms with Crippen LogP contribution in [0.3, 0.4) is 0 Å². The Morgan fingerprint density at radius 2 is 0.842 bits per heavy atom. The van der Waals surface area contributed by atoms with Crippen molar-refractivity contribution in [1.29, 1.82) is 0 Å². The zero-order valence-corrected chi connectivity index (χ0v) is 23.2. The van der Waals surface area contributed by atoms with Crippen LogP contribution in [0.1, 0.15) is 67.6 Å². The minimum Gasteiger partial charge on any atom is -0.282 e. The predicted octanol–water partition coefficient (Wildman–Crippen LogP) is 5.29. The molecule has 206 valence electrons. The highest BCUT2D eigenvalue weighted by atomic mass is 32.2. The van der Waals surface area contributed by atoms with Gasteiger partial charge in [0.25, 0.3) is 30.4 Å². The van der Waals surface area contributed by atoms with Crippen molar-refractivity contribution in [3.63, 3.8) is 0 Å². The Balaban J connectivity index is 1.93. The molecule has 3 atom stereocenters. The molecule has 0 bridgehead atoms. The van der Waals surface area contributed by atoms with E-state index in [2.05, 4.69) is 0 Å². The highest BCUT2D eigenvalue weighted by molar-refractivity contribution is 7.86. The third-order valence-electron chi connectivity index (χ3n) is 6.75. The van der Waals surface area contributed by atoms with E-state index in [9.17, 15) is 38.9 Å². The summed E-state index contributed by atoms with van der Waals surface area (Å²) < 4.78 is 96.5. The maximum Gasteiger partial charge on any atom is 0.294 e. The summed E-state index contributed by atoms with van der Waals surface area (Å²) in [5, 5.41) is 0. The van der Waals surface area contributed by atoms with Gasteiger partial charge in [0, 0.05) is 0 Å². The molecule has 0 aliphatic heterocycles. The van der Waals surface area contributed by atoms with Gasteiger partial charge in [0.2, 0.25) is 0 Å². The van der Waals surface area contributed by atoms with Crippen LogP contribution in [-0.2, 0) is 30.4 Å². The minimum atomic E-state index is -4.35. The van der Waals surface area contributed by atoms with Crippen molar-refractivity contribution in [2.75, 3.05) is 0 Å². The Morgan fingerprint density at radius 1 is 0.526 bits per heavy atom. The molecule has 0 aliphatic carbocycles. The van der Waals surface area contributed by atoms with Crippen LogP contribution in [0.15, 0.2) is 87.5 Å². The molecule has 38 heavy (non-hydrogen) atoms. The van der Waals surface area contributed by atoms with Crippen LogP contribution in [0, 0.1) is 0 Å². The van der Waals surface area contributed by atoms with Gasteiger partial charge in [-0.2, -0.15) is 25.3 Å². The fraction of sp³-hybridized carbons (Fsp3) is 0.308. The molecule has 0 aliphatic rings. The lowest BCUT2D eigenvalue weighted by molar-refractivity contribution is 0.466. The summed E-state index contributed by atoms with van der Waals surface area (Å²) in [6, 6.07) is 17.9. The van der Waals surface area contributed by atoms with Crippen molar-refractivity contribution in [1.82, 2.24) is 0 Å². The van der Waals surface area contributed by atoms with Gasteiger partial charge < -0.3 is 0 Å². The molecule has 0 aromatic heterocycles. The average Bonchev–Trinajstić information content (AvgIpc) is 2.85. The molecule has 3 N–H and O–H groups in total. The number of hydrogen-bond acceptors (Lipinski definition) is 6. The molecule has 12 heteroatoms. The first-order chi connectivity index (χ1) is 17.6. The van der Waals surface area contributed by atoms with Crippen LogP contribution >= 0.6 is 0 Å². The van der Waals surface area contributed by atoms with E-state index in [1.165, 1.54) is 36.4 Å². The Bertz CT molecular complexity index is 1560. The predicted molar refractivity (Wildman–Crippen MR) is 142 cm³/mol. The highest BCUT2D eigenvalue weighted by Crippen LogP contribution is 2.39. The second-order valence-corrected chi connectivity index (χ2v) is 13.6. The van der Waals surface area contributed by atoms with Crippen LogP contribution in [0.2, 0.25) is 0 Å². The SMILES string of the molecule is CCC(CC(CC(C)c1ccc(S(=O)(=O)O)cc1)c1ccc(S(=O)(=O)O)cc1)c1ccc(S(=O)(=O)O)cc1. The first kappa shape index (κ1) is 29.9. The van der Waals surface area contributed by atoms with Crippen molar-refractivity contribution in [2.45, 2.75) is 65.6 Å². The quantitative estimate of drug-likeness (QED) is 0.255. The van der Waals surface area contributed by atoms with Gasteiger partial charge in [-0.1, -0.05) is 50.2 Å². The van der Waals surface area contributed by atoms with Crippen LogP contribution in [0.4, 0.5) is 0 Å². The van der Waals surface area contributed by atoms with Crippen LogP contribution < -0.4 is 0 Å². The van der Waals surface area contributed by atoms with E-state index in [0.717, 1.165) is 23.1 Å². The summed E-state index contributed by atoms with van der Waals surface area (Å²) in [4.78, 5) is -0.623. The second kappa shape index (κ2) is 11.6. The summed E-state index contributed by atoms with van der Waals surface area (Å²) >= 11 is 0. The van der Waals surface area contributed by atoms with Crippen molar-refractivity contribution < 1.29 is 38.9 Å². The molecular weight excluding hydrogens is 552 g/mol. The molecule has 3 aromatic carbocycles. The average molecular weight is 583 g/mol. The zero-order valence-electron chi connectivity index (χ0n) is 20.8. The van der Waals surface area contributed by atoms with E-state index in [0.29, 0.717) is 12.8 Å². The fourth-order valence-electron chi connectivity index (χ4n) is 4.61. The normalized spacial score (nSPS) is 15.1. The summed E-state index contributed by atoms with van der Waals surface area (Å²) in [6.45, 7) is 3.97. The third-order valence-corrected chi connectivity index (χ3v) is 9.35. The zero-order chi connectivity index (χ0) is 28.3. The maximum atomic E-state index is 11.5. The summed E-state index contributed by atoms with van der Waals surface area (Å²) in [5.74, 6) is -0.130. The van der Waals surface area contributed by atoms with Gasteiger partial charge in [-0.3, -0.25) is 13.7 Å². The molecule has 0 saturated carbocycles. The Morgan fingerprint density at radius 3 is 1.16 bits per heavy atom. The van der Waals surface area contributed by atoms with Gasteiger partial charge >= 0.3 is 0 Å². The van der Waals surface area contributed by atoms with Crippen LogP contribution in [0.5, 0.6) is 0 Å². The number of rotatable bonds is 11. The van der Waals surface area contributed by atoms with Crippen molar-refractivity contribution in [3.05, 3.63) is 89.5 Å². The molecule has 0 saturated heterocycles. The van der Waals surface area contributed by atoms with Gasteiger partial charge in [-0.05, 0) is 90.1 Å². The largest absolute Gasteiger partial charge is 0.294 e. The van der Waals surface area contributed by atoms with Crippen LogP contribution in [0.25, 0.3) is 0 Å². The first-order valence-electron chi connectivity index (χ1n) is 11.8. The highest BCUT2D eigenvalue weighted by Gasteiger charge is 2.23. The van der Waals surface area contributed by atoms with E-state index in [1.807, 2.05) is 13.8 Å². The molecule has 0 radical (unpaired) electrons.